The molecule has 4 aromatic heterocycles. The molecular formula is C48H28N4O. The standard InChI is InChI=1S/C48H28N4O/c1-3-14-30(15-4-1)45-42-32-18-8-7-13-29(32)23-26-37(42)49-48(50-45)52-38-21-11-9-19-35(38)43-39(52)27-24-33-34-25-28-41-44(36-20-10-12-22-40(36)53-41)47(34)51(46(33)43)31-16-5-2-6-17-31/h1-28H. The van der Waals surface area contributed by atoms with E-state index in [9.17, 15) is 0 Å². The zero-order valence-corrected chi connectivity index (χ0v) is 28.4. The molecule has 12 rings (SSSR count). The second kappa shape index (κ2) is 10.6. The quantitative estimate of drug-likeness (QED) is 0.175. The Morgan fingerprint density at radius 2 is 1.08 bits per heavy atom. The number of rotatable bonds is 3. The van der Waals surface area contributed by atoms with E-state index in [0.717, 1.165) is 88.0 Å². The van der Waals surface area contributed by atoms with Gasteiger partial charge < -0.3 is 8.98 Å². The van der Waals surface area contributed by atoms with E-state index in [0.29, 0.717) is 5.95 Å². The number of hydrogen-bond acceptors (Lipinski definition) is 3. The molecule has 0 aliphatic heterocycles. The molecule has 0 aliphatic carbocycles. The van der Waals surface area contributed by atoms with Gasteiger partial charge in [-0.25, -0.2) is 9.97 Å². The van der Waals surface area contributed by atoms with Crippen LogP contribution in [0.5, 0.6) is 0 Å². The fourth-order valence-corrected chi connectivity index (χ4v) is 8.70. The zero-order chi connectivity index (χ0) is 34.6. The summed E-state index contributed by atoms with van der Waals surface area (Å²) in [4.78, 5) is 10.8. The highest BCUT2D eigenvalue weighted by Crippen LogP contribution is 2.45. The Morgan fingerprint density at radius 3 is 1.92 bits per heavy atom. The van der Waals surface area contributed by atoms with Crippen molar-refractivity contribution in [1.29, 1.82) is 0 Å². The number of aromatic nitrogens is 4. The molecule has 0 atom stereocenters. The molecule has 8 aromatic carbocycles. The Labute approximate surface area is 302 Å². The van der Waals surface area contributed by atoms with Crippen LogP contribution in [0.2, 0.25) is 0 Å². The lowest BCUT2D eigenvalue weighted by molar-refractivity contribution is 0.669. The summed E-state index contributed by atoms with van der Waals surface area (Å²) < 4.78 is 11.1. The van der Waals surface area contributed by atoms with Gasteiger partial charge >= 0.3 is 0 Å². The van der Waals surface area contributed by atoms with Crippen molar-refractivity contribution < 1.29 is 4.42 Å². The van der Waals surface area contributed by atoms with Crippen molar-refractivity contribution in [1.82, 2.24) is 19.1 Å². The number of fused-ring (bicyclic) bond motifs is 14. The second-order valence-corrected chi connectivity index (χ2v) is 13.7. The van der Waals surface area contributed by atoms with Gasteiger partial charge in [0.25, 0.3) is 0 Å². The summed E-state index contributed by atoms with van der Waals surface area (Å²) >= 11 is 0. The summed E-state index contributed by atoms with van der Waals surface area (Å²) in [7, 11) is 0. The van der Waals surface area contributed by atoms with Crippen molar-refractivity contribution in [3.8, 4) is 22.9 Å². The van der Waals surface area contributed by atoms with Gasteiger partial charge in [0, 0.05) is 43.6 Å². The second-order valence-electron chi connectivity index (χ2n) is 13.7. The van der Waals surface area contributed by atoms with E-state index in [1.165, 1.54) is 16.2 Å². The molecule has 0 fully saturated rings. The van der Waals surface area contributed by atoms with Crippen molar-refractivity contribution in [2.24, 2.45) is 0 Å². The van der Waals surface area contributed by atoms with Crippen LogP contribution in [0.4, 0.5) is 0 Å². The van der Waals surface area contributed by atoms with Crippen molar-refractivity contribution in [3.05, 3.63) is 170 Å². The van der Waals surface area contributed by atoms with Gasteiger partial charge in [-0.05, 0) is 59.3 Å². The highest BCUT2D eigenvalue weighted by molar-refractivity contribution is 6.31. The maximum absolute atomic E-state index is 6.44. The smallest absolute Gasteiger partial charge is 0.235 e. The molecule has 5 nitrogen and oxygen atoms in total. The summed E-state index contributed by atoms with van der Waals surface area (Å²) in [6.45, 7) is 0. The van der Waals surface area contributed by atoms with Crippen LogP contribution in [0, 0.1) is 0 Å². The minimum atomic E-state index is 0.641. The molecule has 4 heterocycles. The highest BCUT2D eigenvalue weighted by Gasteiger charge is 2.25. The van der Waals surface area contributed by atoms with Crippen molar-refractivity contribution in [2.75, 3.05) is 0 Å². The molecule has 0 saturated carbocycles. The van der Waals surface area contributed by atoms with Gasteiger partial charge in [0.05, 0.1) is 38.7 Å². The van der Waals surface area contributed by atoms with Gasteiger partial charge in [-0.15, -0.1) is 0 Å². The van der Waals surface area contributed by atoms with Crippen LogP contribution >= 0.6 is 0 Å². The predicted octanol–water partition coefficient (Wildman–Crippen LogP) is 12.5. The molecule has 0 bridgehead atoms. The first kappa shape index (κ1) is 28.5. The molecular weight excluding hydrogens is 649 g/mol. The first-order chi connectivity index (χ1) is 26.3. The molecule has 0 N–H and O–H groups in total. The van der Waals surface area contributed by atoms with Gasteiger partial charge in [0.1, 0.15) is 11.2 Å². The molecule has 12 aromatic rings. The van der Waals surface area contributed by atoms with Crippen LogP contribution in [0.1, 0.15) is 0 Å². The van der Waals surface area contributed by atoms with E-state index in [-0.39, 0.29) is 0 Å². The lowest BCUT2D eigenvalue weighted by Gasteiger charge is -2.13. The molecule has 0 saturated heterocycles. The van der Waals surface area contributed by atoms with Gasteiger partial charge in [0.2, 0.25) is 5.95 Å². The number of para-hydroxylation sites is 3. The van der Waals surface area contributed by atoms with E-state index in [4.69, 9.17) is 14.4 Å². The third kappa shape index (κ3) is 3.91. The average Bonchev–Trinajstić information content (AvgIpc) is 3.88. The Kier molecular flexibility index (Phi) is 5.71. The summed E-state index contributed by atoms with van der Waals surface area (Å²) in [6, 6.07) is 59.8. The van der Waals surface area contributed by atoms with Crippen molar-refractivity contribution in [3.63, 3.8) is 0 Å². The molecule has 0 radical (unpaired) electrons. The predicted molar refractivity (Wildman–Crippen MR) is 218 cm³/mol. The van der Waals surface area contributed by atoms with Crippen molar-refractivity contribution >= 4 is 87.2 Å². The lowest BCUT2D eigenvalue weighted by Crippen LogP contribution is -2.03. The van der Waals surface area contributed by atoms with Crippen LogP contribution < -0.4 is 0 Å². The SMILES string of the molecule is c1ccc(-c2nc(-n3c4ccccc4c4c3ccc3c5ccc6oc7ccccc7c6c5n(-c5ccccc5)c34)nc3ccc4ccccc4c23)cc1. The van der Waals surface area contributed by atoms with Crippen LogP contribution in [0.25, 0.3) is 110 Å². The number of benzene rings is 8. The van der Waals surface area contributed by atoms with E-state index in [1.54, 1.807) is 0 Å². The highest BCUT2D eigenvalue weighted by atomic mass is 16.3. The minimum absolute atomic E-state index is 0.641. The molecule has 0 unspecified atom stereocenters. The molecule has 53 heavy (non-hydrogen) atoms. The Balaban J connectivity index is 1.27. The monoisotopic (exact) mass is 676 g/mol. The largest absolute Gasteiger partial charge is 0.456 e. The summed E-state index contributed by atoms with van der Waals surface area (Å²) in [5.41, 5.74) is 10.1. The van der Waals surface area contributed by atoms with E-state index in [1.807, 2.05) is 6.07 Å². The fourth-order valence-electron chi connectivity index (χ4n) is 8.70. The normalized spacial score (nSPS) is 12.2. The molecule has 0 spiro atoms. The van der Waals surface area contributed by atoms with Gasteiger partial charge in [-0.2, -0.15) is 0 Å². The van der Waals surface area contributed by atoms with Crippen LogP contribution in [-0.4, -0.2) is 19.1 Å². The molecule has 0 amide bonds. The Morgan fingerprint density at radius 1 is 0.396 bits per heavy atom. The Bertz CT molecular complexity index is 3450. The number of furan rings is 1. The fraction of sp³-hybridized carbons (Fsp3) is 0. The number of hydrogen-bond donors (Lipinski definition) is 0. The average molecular weight is 677 g/mol. The van der Waals surface area contributed by atoms with Gasteiger partial charge in [0.15, 0.2) is 0 Å². The van der Waals surface area contributed by atoms with E-state index >= 15 is 0 Å². The maximum Gasteiger partial charge on any atom is 0.235 e. The summed E-state index contributed by atoms with van der Waals surface area (Å²) in [5.74, 6) is 0.641. The van der Waals surface area contributed by atoms with Gasteiger partial charge in [-0.3, -0.25) is 4.57 Å². The molecule has 246 valence electrons. The van der Waals surface area contributed by atoms with Crippen LogP contribution in [0.3, 0.4) is 0 Å². The van der Waals surface area contributed by atoms with Crippen molar-refractivity contribution in [2.45, 2.75) is 0 Å². The zero-order valence-electron chi connectivity index (χ0n) is 28.4. The lowest BCUT2D eigenvalue weighted by atomic mass is 10.0. The first-order valence-corrected chi connectivity index (χ1v) is 17.9. The minimum Gasteiger partial charge on any atom is -0.456 e. The molecule has 5 heteroatoms. The van der Waals surface area contributed by atoms with Crippen LogP contribution in [-0.2, 0) is 0 Å². The first-order valence-electron chi connectivity index (χ1n) is 17.9. The van der Waals surface area contributed by atoms with Crippen LogP contribution in [0.15, 0.2) is 174 Å². The summed E-state index contributed by atoms with van der Waals surface area (Å²) in [5, 5.41) is 10.3. The molecule has 0 aliphatic rings. The van der Waals surface area contributed by atoms with E-state index < -0.39 is 0 Å². The third-order valence-electron chi connectivity index (χ3n) is 10.9. The Hall–Kier alpha value is -7.24. The maximum atomic E-state index is 6.44. The topological polar surface area (TPSA) is 48.8 Å². The number of nitrogens with zero attached hydrogens (tertiary/aromatic N) is 4. The van der Waals surface area contributed by atoms with Gasteiger partial charge in [-0.1, -0.05) is 121 Å². The third-order valence-corrected chi connectivity index (χ3v) is 10.9. The summed E-state index contributed by atoms with van der Waals surface area (Å²) in [6.07, 6.45) is 0. The van der Waals surface area contributed by atoms with E-state index in [2.05, 4.69) is 173 Å².